The van der Waals surface area contributed by atoms with Crippen molar-refractivity contribution in [1.82, 2.24) is 4.57 Å². The normalized spacial score (nSPS) is 23.8. The number of ether oxygens (including phenoxy) is 1. The highest BCUT2D eigenvalue weighted by Gasteiger charge is 2.43. The molecule has 2 aromatic rings. The number of pyridine rings is 1. The molecule has 2 heterocycles. The second kappa shape index (κ2) is 4.49. The minimum atomic E-state index is -0.808. The summed E-state index contributed by atoms with van der Waals surface area (Å²) in [7, 11) is 0. The van der Waals surface area contributed by atoms with Gasteiger partial charge in [0.25, 0.3) is 5.56 Å². The smallest absolute Gasteiger partial charge is 0.251 e. The van der Waals surface area contributed by atoms with Crippen LogP contribution < -0.4 is 10.3 Å². The van der Waals surface area contributed by atoms with Gasteiger partial charge in [-0.2, -0.15) is 0 Å². The molecule has 0 bridgehead atoms. The van der Waals surface area contributed by atoms with Crippen LogP contribution in [0.4, 0.5) is 0 Å². The van der Waals surface area contributed by atoms with E-state index in [1.54, 1.807) is 22.9 Å². The Morgan fingerprint density at radius 3 is 2.60 bits per heavy atom. The van der Waals surface area contributed by atoms with Gasteiger partial charge in [-0.05, 0) is 26.0 Å². The highest BCUT2D eigenvalue weighted by Crippen LogP contribution is 2.40. The van der Waals surface area contributed by atoms with Crippen LogP contribution in [0.2, 0.25) is 0 Å². The average Bonchev–Trinajstić information content (AvgIpc) is 2.41. The summed E-state index contributed by atoms with van der Waals surface area (Å²) < 4.78 is 7.42. The summed E-state index contributed by atoms with van der Waals surface area (Å²) in [6.45, 7) is 3.66. The highest BCUT2D eigenvalue weighted by atomic mass is 16.5. The van der Waals surface area contributed by atoms with Gasteiger partial charge >= 0.3 is 0 Å². The molecule has 0 aliphatic carbocycles. The number of rotatable bonds is 1. The van der Waals surface area contributed by atoms with Crippen molar-refractivity contribution in [1.29, 1.82) is 0 Å². The number of fused-ring (bicyclic) bond motifs is 1. The van der Waals surface area contributed by atoms with Gasteiger partial charge in [-0.1, -0.05) is 24.3 Å². The Labute approximate surface area is 117 Å². The highest BCUT2D eigenvalue weighted by molar-refractivity contribution is 5.40. The van der Waals surface area contributed by atoms with Gasteiger partial charge in [0.2, 0.25) is 0 Å². The van der Waals surface area contributed by atoms with Gasteiger partial charge in [-0.25, -0.2) is 0 Å². The number of benzene rings is 1. The molecule has 1 N–H and O–H groups in total. The molecule has 4 heteroatoms. The van der Waals surface area contributed by atoms with Gasteiger partial charge < -0.3 is 14.4 Å². The SMILES string of the molecule is CC1(C)Oc2ccccc2[C@H](n2ccccc2=O)[C@H]1O. The van der Waals surface area contributed by atoms with Crippen molar-refractivity contribution < 1.29 is 9.84 Å². The fraction of sp³-hybridized carbons (Fsp3) is 0.312. The molecule has 1 aromatic carbocycles. The lowest BCUT2D eigenvalue weighted by molar-refractivity contribution is -0.0642. The van der Waals surface area contributed by atoms with Crippen LogP contribution in [-0.4, -0.2) is 21.4 Å². The first kappa shape index (κ1) is 12.9. The van der Waals surface area contributed by atoms with E-state index in [2.05, 4.69) is 0 Å². The summed E-state index contributed by atoms with van der Waals surface area (Å²) in [6, 6.07) is 12.1. The fourth-order valence-electron chi connectivity index (χ4n) is 2.68. The Kier molecular flexibility index (Phi) is 2.91. The van der Waals surface area contributed by atoms with Crippen molar-refractivity contribution in [2.24, 2.45) is 0 Å². The van der Waals surface area contributed by atoms with Crippen molar-refractivity contribution in [2.45, 2.75) is 31.6 Å². The first-order chi connectivity index (χ1) is 9.50. The van der Waals surface area contributed by atoms with Crippen LogP contribution in [0.25, 0.3) is 0 Å². The third-order valence-electron chi connectivity index (χ3n) is 3.77. The van der Waals surface area contributed by atoms with E-state index in [0.717, 1.165) is 5.56 Å². The predicted octanol–water partition coefficient (Wildman–Crippen LogP) is 1.97. The van der Waals surface area contributed by atoms with E-state index in [4.69, 9.17) is 4.74 Å². The van der Waals surface area contributed by atoms with Gasteiger partial charge in [0.05, 0.1) is 6.04 Å². The zero-order valence-electron chi connectivity index (χ0n) is 11.5. The number of aromatic nitrogens is 1. The molecule has 2 atom stereocenters. The van der Waals surface area contributed by atoms with E-state index >= 15 is 0 Å². The summed E-state index contributed by atoms with van der Waals surface area (Å²) in [5.74, 6) is 0.712. The Morgan fingerprint density at radius 1 is 1.15 bits per heavy atom. The summed E-state index contributed by atoms with van der Waals surface area (Å²) in [5, 5.41) is 10.6. The van der Waals surface area contributed by atoms with Crippen molar-refractivity contribution in [3.05, 3.63) is 64.6 Å². The van der Waals surface area contributed by atoms with Crippen molar-refractivity contribution in [3.8, 4) is 5.75 Å². The van der Waals surface area contributed by atoms with Crippen LogP contribution in [0.5, 0.6) is 5.75 Å². The molecule has 0 saturated heterocycles. The molecule has 1 aromatic heterocycles. The van der Waals surface area contributed by atoms with E-state index in [1.165, 1.54) is 6.07 Å². The maximum absolute atomic E-state index is 12.1. The Morgan fingerprint density at radius 2 is 1.85 bits per heavy atom. The largest absolute Gasteiger partial charge is 0.485 e. The molecule has 0 fully saturated rings. The van der Waals surface area contributed by atoms with Crippen molar-refractivity contribution in [3.63, 3.8) is 0 Å². The number of aliphatic hydroxyl groups is 1. The van der Waals surface area contributed by atoms with Crippen LogP contribution in [-0.2, 0) is 0 Å². The lowest BCUT2D eigenvalue weighted by Crippen LogP contribution is -2.52. The minimum Gasteiger partial charge on any atom is -0.485 e. The number of para-hydroxylation sites is 1. The molecule has 0 amide bonds. The molecule has 0 saturated carbocycles. The number of hydrogen-bond donors (Lipinski definition) is 1. The summed E-state index contributed by atoms with van der Waals surface area (Å²) in [4.78, 5) is 12.1. The third kappa shape index (κ3) is 1.93. The Balaban J connectivity index is 2.23. The van der Waals surface area contributed by atoms with Crippen molar-refractivity contribution in [2.75, 3.05) is 0 Å². The van der Waals surface area contributed by atoms with Crippen molar-refractivity contribution >= 4 is 0 Å². The summed E-state index contributed by atoms with van der Waals surface area (Å²) >= 11 is 0. The summed E-state index contributed by atoms with van der Waals surface area (Å²) in [5.41, 5.74) is -0.0643. The van der Waals surface area contributed by atoms with Gasteiger partial charge in [0, 0.05) is 17.8 Å². The molecule has 0 unspecified atom stereocenters. The van der Waals surface area contributed by atoms with E-state index in [1.807, 2.05) is 38.1 Å². The van der Waals surface area contributed by atoms with Crippen LogP contribution >= 0.6 is 0 Å². The number of nitrogens with zero attached hydrogens (tertiary/aromatic N) is 1. The van der Waals surface area contributed by atoms with Crippen LogP contribution in [0, 0.1) is 0 Å². The molecule has 4 nitrogen and oxygen atoms in total. The lowest BCUT2D eigenvalue weighted by atomic mass is 9.86. The van der Waals surface area contributed by atoms with Crippen LogP contribution in [0.3, 0.4) is 0 Å². The Hall–Kier alpha value is -2.07. The standard InChI is InChI=1S/C16H17NO3/c1-16(2)15(19)14(17-10-6-5-9-13(17)18)11-7-3-4-8-12(11)20-16/h3-10,14-15,19H,1-2H3/t14-,15+/m0/s1. The monoisotopic (exact) mass is 271 g/mol. The zero-order valence-corrected chi connectivity index (χ0v) is 11.5. The number of hydrogen-bond acceptors (Lipinski definition) is 3. The molecule has 1 aliphatic rings. The molecule has 3 rings (SSSR count). The Bertz CT molecular complexity index is 690. The number of aliphatic hydroxyl groups excluding tert-OH is 1. The molecule has 0 radical (unpaired) electrons. The van der Waals surface area contributed by atoms with E-state index in [9.17, 15) is 9.90 Å². The molecular weight excluding hydrogens is 254 g/mol. The second-order valence-corrected chi connectivity index (χ2v) is 5.58. The van der Waals surface area contributed by atoms with Gasteiger partial charge in [0.1, 0.15) is 17.5 Å². The third-order valence-corrected chi connectivity index (χ3v) is 3.77. The van der Waals surface area contributed by atoms with Crippen LogP contribution in [0.1, 0.15) is 25.5 Å². The molecule has 0 spiro atoms. The molecule has 104 valence electrons. The van der Waals surface area contributed by atoms with Crippen LogP contribution in [0.15, 0.2) is 53.5 Å². The van der Waals surface area contributed by atoms with E-state index in [-0.39, 0.29) is 5.56 Å². The quantitative estimate of drug-likeness (QED) is 0.862. The molecule has 20 heavy (non-hydrogen) atoms. The zero-order chi connectivity index (χ0) is 14.3. The van der Waals surface area contributed by atoms with E-state index in [0.29, 0.717) is 5.75 Å². The predicted molar refractivity (Wildman–Crippen MR) is 76.0 cm³/mol. The minimum absolute atomic E-state index is 0.135. The fourth-order valence-corrected chi connectivity index (χ4v) is 2.68. The van der Waals surface area contributed by atoms with Gasteiger partial charge in [-0.3, -0.25) is 4.79 Å². The maximum Gasteiger partial charge on any atom is 0.251 e. The first-order valence-corrected chi connectivity index (χ1v) is 6.64. The van der Waals surface area contributed by atoms with Gasteiger partial charge in [-0.15, -0.1) is 0 Å². The van der Waals surface area contributed by atoms with E-state index < -0.39 is 17.7 Å². The molecular formula is C16H17NO3. The maximum atomic E-state index is 12.1. The van der Waals surface area contributed by atoms with Gasteiger partial charge in [0.15, 0.2) is 0 Å². The second-order valence-electron chi connectivity index (χ2n) is 5.58. The molecule has 1 aliphatic heterocycles. The average molecular weight is 271 g/mol. The summed E-state index contributed by atoms with van der Waals surface area (Å²) in [6.07, 6.45) is 0.895. The lowest BCUT2D eigenvalue weighted by Gasteiger charge is -2.42. The topological polar surface area (TPSA) is 51.5 Å². The first-order valence-electron chi connectivity index (χ1n) is 6.64.